The Balaban J connectivity index is 2.18. The maximum atomic E-state index is 12.0. The van der Waals surface area contributed by atoms with Gasteiger partial charge in [-0.25, -0.2) is 8.42 Å². The minimum Gasteiger partial charge on any atom is -0.392 e. The van der Waals surface area contributed by atoms with Crippen molar-refractivity contribution in [1.82, 2.24) is 0 Å². The number of para-hydroxylation sites is 1. The van der Waals surface area contributed by atoms with E-state index >= 15 is 0 Å². The van der Waals surface area contributed by atoms with Gasteiger partial charge in [0.05, 0.1) is 18.0 Å². The quantitative estimate of drug-likeness (QED) is 0.879. The molecule has 0 aromatic heterocycles. The molecule has 0 unspecified atom stereocenters. The van der Waals surface area contributed by atoms with Crippen LogP contribution in [0.4, 0.5) is 5.69 Å². The van der Waals surface area contributed by atoms with Crippen molar-refractivity contribution in [3.8, 4) is 0 Å². The Morgan fingerprint density at radius 3 is 2.26 bits per heavy atom. The lowest BCUT2D eigenvalue weighted by molar-refractivity contribution is 0.282. The van der Waals surface area contributed by atoms with E-state index in [4.69, 9.17) is 0 Å². The van der Waals surface area contributed by atoms with E-state index in [0.717, 1.165) is 5.56 Å². The van der Waals surface area contributed by atoms with Gasteiger partial charge in [-0.2, -0.15) is 0 Å². The first-order valence-corrected chi connectivity index (χ1v) is 7.49. The summed E-state index contributed by atoms with van der Waals surface area (Å²) in [5, 5.41) is 9.17. The molecule has 5 heteroatoms. The molecule has 0 amide bonds. The molecule has 2 aromatic carbocycles. The van der Waals surface area contributed by atoms with Crippen molar-refractivity contribution in [2.24, 2.45) is 0 Å². The molecule has 2 rings (SSSR count). The maximum absolute atomic E-state index is 12.0. The number of sulfonamides is 1. The van der Waals surface area contributed by atoms with Gasteiger partial charge in [-0.15, -0.1) is 0 Å². The molecule has 0 aliphatic rings. The average Bonchev–Trinajstić information content (AvgIpc) is 2.39. The third-order valence-corrected chi connectivity index (χ3v) is 3.90. The van der Waals surface area contributed by atoms with Crippen LogP contribution >= 0.6 is 0 Å². The van der Waals surface area contributed by atoms with Crippen LogP contribution in [-0.4, -0.2) is 13.5 Å². The first kappa shape index (κ1) is 13.6. The zero-order valence-corrected chi connectivity index (χ0v) is 11.1. The molecule has 2 N–H and O–H groups in total. The lowest BCUT2D eigenvalue weighted by Gasteiger charge is -2.11. The Morgan fingerprint density at radius 1 is 0.947 bits per heavy atom. The lowest BCUT2D eigenvalue weighted by Crippen LogP contribution is -2.16. The topological polar surface area (TPSA) is 66.4 Å². The van der Waals surface area contributed by atoms with Crippen LogP contribution in [0.25, 0.3) is 0 Å². The minimum absolute atomic E-state index is 0.0897. The zero-order valence-electron chi connectivity index (χ0n) is 10.3. The summed E-state index contributed by atoms with van der Waals surface area (Å²) in [5.74, 6) is -0.0897. The van der Waals surface area contributed by atoms with Gasteiger partial charge in [-0.05, 0) is 11.6 Å². The molecule has 0 bridgehead atoms. The lowest BCUT2D eigenvalue weighted by atomic mass is 10.2. The summed E-state index contributed by atoms with van der Waals surface area (Å²) in [7, 11) is -3.48. The van der Waals surface area contributed by atoms with E-state index in [2.05, 4.69) is 4.72 Å². The maximum Gasteiger partial charge on any atom is 0.236 e. The van der Waals surface area contributed by atoms with Crippen LogP contribution in [0.15, 0.2) is 54.6 Å². The molecule has 0 saturated heterocycles. The van der Waals surface area contributed by atoms with Crippen molar-refractivity contribution in [2.45, 2.75) is 12.4 Å². The second-order valence-corrected chi connectivity index (χ2v) is 5.88. The second-order valence-electron chi connectivity index (χ2n) is 4.16. The summed E-state index contributed by atoms with van der Waals surface area (Å²) in [6, 6.07) is 15.7. The van der Waals surface area contributed by atoms with E-state index in [9.17, 15) is 13.5 Å². The van der Waals surface area contributed by atoms with E-state index in [1.807, 2.05) is 6.07 Å². The Morgan fingerprint density at radius 2 is 1.58 bits per heavy atom. The summed E-state index contributed by atoms with van der Waals surface area (Å²) in [5.41, 5.74) is 1.69. The third-order valence-electron chi connectivity index (χ3n) is 2.65. The average molecular weight is 277 g/mol. The molecule has 0 heterocycles. The summed E-state index contributed by atoms with van der Waals surface area (Å²) in [6.07, 6.45) is 0. The van der Waals surface area contributed by atoms with Crippen molar-refractivity contribution in [3.63, 3.8) is 0 Å². The van der Waals surface area contributed by atoms with Crippen LogP contribution in [0.2, 0.25) is 0 Å². The summed E-state index contributed by atoms with van der Waals surface area (Å²) < 4.78 is 26.6. The van der Waals surface area contributed by atoms with Gasteiger partial charge < -0.3 is 5.11 Å². The highest BCUT2D eigenvalue weighted by molar-refractivity contribution is 7.91. The summed E-state index contributed by atoms with van der Waals surface area (Å²) in [4.78, 5) is 0. The van der Waals surface area contributed by atoms with Crippen LogP contribution < -0.4 is 4.72 Å². The summed E-state index contributed by atoms with van der Waals surface area (Å²) >= 11 is 0. The van der Waals surface area contributed by atoms with E-state index in [1.165, 1.54) is 0 Å². The van der Waals surface area contributed by atoms with Crippen LogP contribution in [0.5, 0.6) is 0 Å². The van der Waals surface area contributed by atoms with Crippen LogP contribution in [0, 0.1) is 0 Å². The molecule has 0 spiro atoms. The molecule has 4 nitrogen and oxygen atoms in total. The number of benzene rings is 2. The van der Waals surface area contributed by atoms with E-state index < -0.39 is 10.0 Å². The highest BCUT2D eigenvalue weighted by atomic mass is 32.2. The number of anilines is 1. The SMILES string of the molecule is O=S(=O)(Cc1ccccc1)Nc1ccccc1CO. The predicted molar refractivity (Wildman–Crippen MR) is 75.1 cm³/mol. The fraction of sp³-hybridized carbons (Fsp3) is 0.143. The second kappa shape index (κ2) is 5.86. The third kappa shape index (κ3) is 3.81. The van der Waals surface area contributed by atoms with Gasteiger partial charge in [0.1, 0.15) is 0 Å². The number of rotatable bonds is 5. The molecule has 0 aliphatic heterocycles. The normalized spacial score (nSPS) is 11.2. The standard InChI is InChI=1S/C14H15NO3S/c16-10-13-8-4-5-9-14(13)15-19(17,18)11-12-6-2-1-3-7-12/h1-9,15-16H,10-11H2. The number of aliphatic hydroxyl groups is 1. The van der Waals surface area contributed by atoms with Gasteiger partial charge in [0, 0.05) is 5.56 Å². The van der Waals surface area contributed by atoms with E-state index in [1.54, 1.807) is 48.5 Å². The fourth-order valence-corrected chi connectivity index (χ4v) is 2.99. The Kier molecular flexibility index (Phi) is 4.19. The molecular formula is C14H15NO3S. The van der Waals surface area contributed by atoms with Crippen LogP contribution in [-0.2, 0) is 22.4 Å². The van der Waals surface area contributed by atoms with Crippen molar-refractivity contribution >= 4 is 15.7 Å². The molecule has 0 atom stereocenters. The molecule has 0 fully saturated rings. The van der Waals surface area contributed by atoms with Gasteiger partial charge in [-0.3, -0.25) is 4.72 Å². The monoisotopic (exact) mass is 277 g/mol. The van der Waals surface area contributed by atoms with E-state index in [-0.39, 0.29) is 12.4 Å². The van der Waals surface area contributed by atoms with Gasteiger partial charge in [0.2, 0.25) is 10.0 Å². The van der Waals surface area contributed by atoms with Gasteiger partial charge in [0.15, 0.2) is 0 Å². The van der Waals surface area contributed by atoms with Crippen LogP contribution in [0.1, 0.15) is 11.1 Å². The largest absolute Gasteiger partial charge is 0.392 e. The first-order valence-electron chi connectivity index (χ1n) is 5.84. The first-order chi connectivity index (χ1) is 9.11. The minimum atomic E-state index is -3.48. The molecule has 0 radical (unpaired) electrons. The fourth-order valence-electron chi connectivity index (χ4n) is 1.76. The summed E-state index contributed by atoms with van der Waals surface area (Å²) in [6.45, 7) is -0.204. The van der Waals surface area contributed by atoms with Crippen molar-refractivity contribution in [3.05, 3.63) is 65.7 Å². The van der Waals surface area contributed by atoms with E-state index in [0.29, 0.717) is 11.3 Å². The highest BCUT2D eigenvalue weighted by Crippen LogP contribution is 2.18. The molecular weight excluding hydrogens is 262 g/mol. The molecule has 2 aromatic rings. The van der Waals surface area contributed by atoms with Crippen LogP contribution in [0.3, 0.4) is 0 Å². The number of aliphatic hydroxyl groups excluding tert-OH is 1. The Bertz CT molecular complexity index is 639. The zero-order chi connectivity index (χ0) is 13.7. The molecule has 19 heavy (non-hydrogen) atoms. The molecule has 100 valence electrons. The smallest absolute Gasteiger partial charge is 0.236 e. The van der Waals surface area contributed by atoms with Gasteiger partial charge in [0.25, 0.3) is 0 Å². The number of nitrogens with one attached hydrogen (secondary N) is 1. The van der Waals surface area contributed by atoms with Crippen molar-refractivity contribution in [2.75, 3.05) is 4.72 Å². The molecule has 0 saturated carbocycles. The molecule has 0 aliphatic carbocycles. The predicted octanol–water partition coefficient (Wildman–Crippen LogP) is 2.12. The highest BCUT2D eigenvalue weighted by Gasteiger charge is 2.13. The van der Waals surface area contributed by atoms with Crippen molar-refractivity contribution in [1.29, 1.82) is 0 Å². The Labute approximate surface area is 112 Å². The van der Waals surface area contributed by atoms with Gasteiger partial charge >= 0.3 is 0 Å². The van der Waals surface area contributed by atoms with Crippen molar-refractivity contribution < 1.29 is 13.5 Å². The number of hydrogen-bond acceptors (Lipinski definition) is 3. The number of hydrogen-bond donors (Lipinski definition) is 2. The Hall–Kier alpha value is -1.85. The van der Waals surface area contributed by atoms with Gasteiger partial charge in [-0.1, -0.05) is 48.5 Å².